The summed E-state index contributed by atoms with van der Waals surface area (Å²) in [5.74, 6) is -1.08. The van der Waals surface area contributed by atoms with Crippen LogP contribution in [0.4, 0.5) is 4.79 Å². The van der Waals surface area contributed by atoms with Crippen molar-refractivity contribution in [2.45, 2.75) is 103 Å². The van der Waals surface area contributed by atoms with Crippen LogP contribution in [0.1, 0.15) is 81.1 Å². The fraction of sp³-hybridized carbons (Fsp3) is 0.889. The molecule has 154 valence electrons. The lowest BCUT2D eigenvalue weighted by Gasteiger charge is -2.31. The van der Waals surface area contributed by atoms with Crippen LogP contribution in [0.25, 0.3) is 0 Å². The molecule has 1 amide bonds. The van der Waals surface area contributed by atoms with Gasteiger partial charge < -0.3 is 19.7 Å². The van der Waals surface area contributed by atoms with Crippen molar-refractivity contribution in [1.82, 2.24) is 10.0 Å². The molecular weight excluding hydrogens is 356 g/mol. The van der Waals surface area contributed by atoms with Crippen molar-refractivity contribution in [3.8, 4) is 0 Å². The number of hydrogen-bond acceptors (Lipinski definition) is 5. The van der Waals surface area contributed by atoms with E-state index in [0.29, 0.717) is 12.8 Å². The normalized spacial score (nSPS) is 17.1. The van der Waals surface area contributed by atoms with Gasteiger partial charge in [0.05, 0.1) is 0 Å². The maximum absolute atomic E-state index is 12.1. The van der Waals surface area contributed by atoms with E-state index in [1.165, 1.54) is 0 Å². The minimum atomic E-state index is -1.37. The SMILES string of the molecule is CC[C@@](CCC[C@H](C)N[S+]([O-])C(C)(C)C)(NC(=O)OC(C)(C)C)C(=O)O. The molecule has 0 aromatic carbocycles. The summed E-state index contributed by atoms with van der Waals surface area (Å²) in [6.45, 7) is 14.5. The molecule has 0 radical (unpaired) electrons. The predicted octanol–water partition coefficient (Wildman–Crippen LogP) is 3.36. The van der Waals surface area contributed by atoms with Gasteiger partial charge in [0.25, 0.3) is 0 Å². The van der Waals surface area contributed by atoms with E-state index in [2.05, 4.69) is 10.0 Å². The summed E-state index contributed by atoms with van der Waals surface area (Å²) in [5.41, 5.74) is -2.07. The lowest BCUT2D eigenvalue weighted by molar-refractivity contribution is -0.145. The second-order valence-electron chi connectivity index (χ2n) is 8.66. The van der Waals surface area contributed by atoms with Crippen molar-refractivity contribution >= 4 is 23.4 Å². The first kappa shape index (κ1) is 25.0. The molecule has 0 aromatic heterocycles. The number of carbonyl (C=O) groups is 2. The molecule has 0 aliphatic carbocycles. The number of alkyl carbamates (subject to hydrolysis) is 1. The molecule has 7 nitrogen and oxygen atoms in total. The number of ether oxygens (including phenoxy) is 1. The van der Waals surface area contributed by atoms with Crippen LogP contribution < -0.4 is 10.0 Å². The molecule has 8 heteroatoms. The van der Waals surface area contributed by atoms with Gasteiger partial charge in [0, 0.05) is 17.4 Å². The third-order valence-electron chi connectivity index (χ3n) is 3.86. The van der Waals surface area contributed by atoms with E-state index in [1.54, 1.807) is 27.7 Å². The highest BCUT2D eigenvalue weighted by molar-refractivity contribution is 7.90. The number of carbonyl (C=O) groups excluding carboxylic acids is 1. The Bertz CT molecular complexity index is 473. The molecule has 1 unspecified atom stereocenters. The Hall–Kier alpha value is -0.990. The van der Waals surface area contributed by atoms with Crippen LogP contribution >= 0.6 is 0 Å². The zero-order valence-electron chi connectivity index (χ0n) is 17.4. The Labute approximate surface area is 161 Å². The maximum atomic E-state index is 12.1. The molecule has 0 aromatic rings. The van der Waals surface area contributed by atoms with Crippen molar-refractivity contribution < 1.29 is 24.0 Å². The lowest BCUT2D eigenvalue weighted by Crippen LogP contribution is -2.55. The van der Waals surface area contributed by atoms with Crippen molar-refractivity contribution in [3.05, 3.63) is 0 Å². The van der Waals surface area contributed by atoms with Crippen LogP contribution in [0.2, 0.25) is 0 Å². The zero-order valence-corrected chi connectivity index (χ0v) is 18.2. The molecule has 0 rings (SSSR count). The quantitative estimate of drug-likeness (QED) is 0.519. The first-order valence-electron chi connectivity index (χ1n) is 9.05. The van der Waals surface area contributed by atoms with Crippen LogP contribution in [0, 0.1) is 0 Å². The zero-order chi connectivity index (χ0) is 20.8. The second kappa shape index (κ2) is 9.80. The summed E-state index contributed by atoms with van der Waals surface area (Å²) in [5, 5.41) is 12.2. The highest BCUT2D eigenvalue weighted by atomic mass is 32.2. The smallest absolute Gasteiger partial charge is 0.408 e. The average molecular weight is 393 g/mol. The number of nitrogens with one attached hydrogen (secondary N) is 2. The summed E-state index contributed by atoms with van der Waals surface area (Å²) in [4.78, 5) is 23.8. The van der Waals surface area contributed by atoms with Crippen LogP contribution in [0.15, 0.2) is 0 Å². The first-order valence-corrected chi connectivity index (χ1v) is 10.2. The molecule has 0 aliphatic rings. The molecule has 0 aliphatic heterocycles. The van der Waals surface area contributed by atoms with Gasteiger partial charge in [0.1, 0.15) is 15.9 Å². The Morgan fingerprint density at radius 2 is 1.73 bits per heavy atom. The number of aliphatic carboxylic acids is 1. The van der Waals surface area contributed by atoms with E-state index >= 15 is 0 Å². The predicted molar refractivity (Wildman–Crippen MR) is 104 cm³/mol. The van der Waals surface area contributed by atoms with Crippen LogP contribution in [0.5, 0.6) is 0 Å². The van der Waals surface area contributed by atoms with Gasteiger partial charge in [0.2, 0.25) is 0 Å². The Morgan fingerprint density at radius 3 is 2.12 bits per heavy atom. The monoisotopic (exact) mass is 392 g/mol. The molecule has 3 N–H and O–H groups in total. The van der Waals surface area contributed by atoms with Crippen molar-refractivity contribution in [1.29, 1.82) is 0 Å². The molecule has 0 heterocycles. The number of amides is 1. The highest BCUT2D eigenvalue weighted by Crippen LogP contribution is 2.22. The lowest BCUT2D eigenvalue weighted by atomic mass is 9.89. The Kier molecular flexibility index (Phi) is 9.43. The van der Waals surface area contributed by atoms with Gasteiger partial charge in [-0.3, -0.25) is 0 Å². The largest absolute Gasteiger partial charge is 0.598 e. The van der Waals surface area contributed by atoms with Gasteiger partial charge in [-0.2, -0.15) is 0 Å². The molecule has 0 bridgehead atoms. The molecule has 0 fully saturated rings. The summed E-state index contributed by atoms with van der Waals surface area (Å²) >= 11 is -1.18. The summed E-state index contributed by atoms with van der Waals surface area (Å²) in [7, 11) is 0. The van der Waals surface area contributed by atoms with Gasteiger partial charge in [-0.25, -0.2) is 9.59 Å². The van der Waals surface area contributed by atoms with Gasteiger partial charge in [-0.1, -0.05) is 6.92 Å². The van der Waals surface area contributed by atoms with Crippen LogP contribution in [0.3, 0.4) is 0 Å². The minimum Gasteiger partial charge on any atom is -0.598 e. The Balaban J connectivity index is 4.78. The van der Waals surface area contributed by atoms with Crippen molar-refractivity contribution in [3.63, 3.8) is 0 Å². The highest BCUT2D eigenvalue weighted by Gasteiger charge is 2.39. The topological polar surface area (TPSA) is 111 Å². The number of hydrogen-bond donors (Lipinski definition) is 3. The summed E-state index contributed by atoms with van der Waals surface area (Å²) in [6.07, 6.45) is 0.990. The molecule has 26 heavy (non-hydrogen) atoms. The van der Waals surface area contributed by atoms with Crippen molar-refractivity contribution in [2.75, 3.05) is 0 Å². The average Bonchev–Trinajstić information content (AvgIpc) is 2.42. The standard InChI is InChI=1S/C18H36N2O5S/c1-9-18(14(21)22,19-15(23)25-16(3,4)5)12-10-11-13(2)20-26(24)17(6,7)8/h13,20H,9-12H2,1-8H3,(H,19,23)(H,21,22)/t13-,18-,26?/m0/s1. The van der Waals surface area contributed by atoms with Crippen LogP contribution in [-0.2, 0) is 20.9 Å². The van der Waals surface area contributed by atoms with Gasteiger partial charge in [0.15, 0.2) is 0 Å². The third-order valence-corrected chi connectivity index (χ3v) is 5.59. The Morgan fingerprint density at radius 1 is 1.19 bits per heavy atom. The van der Waals surface area contributed by atoms with Gasteiger partial charge >= 0.3 is 12.1 Å². The molecular formula is C18H36N2O5S. The van der Waals surface area contributed by atoms with E-state index in [9.17, 15) is 19.2 Å². The van der Waals surface area contributed by atoms with E-state index in [1.807, 2.05) is 27.7 Å². The van der Waals surface area contributed by atoms with E-state index in [-0.39, 0.29) is 23.6 Å². The van der Waals surface area contributed by atoms with Gasteiger partial charge in [-0.15, -0.1) is 4.72 Å². The molecule has 0 saturated heterocycles. The minimum absolute atomic E-state index is 0.0278. The summed E-state index contributed by atoms with van der Waals surface area (Å²) < 4.78 is 20.0. The molecule has 0 saturated carbocycles. The molecule has 3 atom stereocenters. The number of carboxylic acid groups (broad SMARTS) is 1. The van der Waals surface area contributed by atoms with Crippen LogP contribution in [-0.4, -0.2) is 43.7 Å². The summed E-state index contributed by atoms with van der Waals surface area (Å²) in [6, 6.07) is -0.0278. The third kappa shape index (κ3) is 9.09. The van der Waals surface area contributed by atoms with E-state index < -0.39 is 34.6 Å². The van der Waals surface area contributed by atoms with Gasteiger partial charge in [-0.05, 0) is 74.1 Å². The van der Waals surface area contributed by atoms with E-state index in [4.69, 9.17) is 4.74 Å². The fourth-order valence-corrected chi connectivity index (χ4v) is 3.10. The maximum Gasteiger partial charge on any atom is 0.408 e. The molecule has 0 spiro atoms. The second-order valence-corrected chi connectivity index (χ2v) is 10.7. The first-order chi connectivity index (χ1) is 11.6. The fourth-order valence-electron chi connectivity index (χ4n) is 2.27. The number of carboxylic acids is 1. The number of rotatable bonds is 9. The van der Waals surface area contributed by atoms with E-state index in [0.717, 1.165) is 0 Å². The van der Waals surface area contributed by atoms with Crippen molar-refractivity contribution in [2.24, 2.45) is 0 Å².